The third kappa shape index (κ3) is 5.61. The summed E-state index contributed by atoms with van der Waals surface area (Å²) >= 11 is 5.95. The van der Waals surface area contributed by atoms with Crippen LogP contribution in [0.25, 0.3) is 0 Å². The second kappa shape index (κ2) is 10.6. The maximum Gasteiger partial charge on any atom is 0.262 e. The predicted octanol–water partition coefficient (Wildman–Crippen LogP) is 5.67. The molecule has 9 heteroatoms. The predicted molar refractivity (Wildman–Crippen MR) is 144 cm³/mol. The van der Waals surface area contributed by atoms with Crippen molar-refractivity contribution in [3.63, 3.8) is 0 Å². The van der Waals surface area contributed by atoms with Gasteiger partial charge in [0.15, 0.2) is 6.61 Å². The van der Waals surface area contributed by atoms with Crippen molar-refractivity contribution >= 4 is 38.9 Å². The smallest absolute Gasteiger partial charge is 0.262 e. The fraction of sp³-hybridized carbons (Fsp3) is 0.107. The summed E-state index contributed by atoms with van der Waals surface area (Å²) in [5, 5.41) is 6.63. The van der Waals surface area contributed by atoms with Gasteiger partial charge in [0.25, 0.3) is 5.91 Å². The Bertz CT molecular complexity index is 1510. The van der Waals surface area contributed by atoms with Gasteiger partial charge in [0.1, 0.15) is 16.8 Å². The Balaban J connectivity index is 1.34. The van der Waals surface area contributed by atoms with Gasteiger partial charge in [-0.1, -0.05) is 72.3 Å². The molecule has 1 amide bonds. The number of anilines is 2. The lowest BCUT2D eigenvalue weighted by atomic mass is 10.1. The molecule has 1 atom stereocenters. The summed E-state index contributed by atoms with van der Waals surface area (Å²) in [6.07, 6.45) is -0.625. The summed E-state index contributed by atoms with van der Waals surface area (Å²) in [6, 6.07) is 30.2. The number of halogens is 1. The number of carbonyl (C=O) groups is 1. The molecule has 0 bridgehead atoms. The number of amides is 1. The quantitative estimate of drug-likeness (QED) is 0.319. The summed E-state index contributed by atoms with van der Waals surface area (Å²) in [4.78, 5) is 12.5. The van der Waals surface area contributed by atoms with Crippen molar-refractivity contribution in [2.75, 3.05) is 17.2 Å². The molecule has 0 saturated heterocycles. The van der Waals surface area contributed by atoms with Crippen molar-refractivity contribution in [3.05, 3.63) is 119 Å². The molecule has 4 aromatic carbocycles. The molecule has 4 aromatic rings. The monoisotopic (exact) mass is 533 g/mol. The summed E-state index contributed by atoms with van der Waals surface area (Å²) in [5.41, 5.74) is 2.75. The molecule has 0 aliphatic carbocycles. The first kappa shape index (κ1) is 24.8. The molecule has 0 spiro atoms. The SMILES string of the molecule is O=C(COc1ccc([C@@H]2Nc3ccccc3S(=O)(=O)N2Cc2ccccc2)cc1)Nc1cccc(Cl)c1. The maximum atomic E-state index is 13.6. The summed E-state index contributed by atoms with van der Waals surface area (Å²) in [5.74, 6) is 0.163. The minimum Gasteiger partial charge on any atom is -0.484 e. The normalized spacial score (nSPS) is 16.3. The van der Waals surface area contributed by atoms with Crippen LogP contribution < -0.4 is 15.4 Å². The van der Waals surface area contributed by atoms with Crippen LogP contribution in [-0.4, -0.2) is 25.2 Å². The molecule has 0 unspecified atom stereocenters. The number of sulfonamides is 1. The molecule has 0 aromatic heterocycles. The van der Waals surface area contributed by atoms with E-state index in [1.54, 1.807) is 72.8 Å². The van der Waals surface area contributed by atoms with Crippen molar-refractivity contribution in [3.8, 4) is 5.75 Å². The van der Waals surface area contributed by atoms with Crippen LogP contribution in [0.1, 0.15) is 17.3 Å². The average Bonchev–Trinajstić information content (AvgIpc) is 2.90. The largest absolute Gasteiger partial charge is 0.484 e. The fourth-order valence-electron chi connectivity index (χ4n) is 4.14. The highest BCUT2D eigenvalue weighted by Crippen LogP contribution is 2.39. The third-order valence-electron chi connectivity index (χ3n) is 5.91. The Morgan fingerprint density at radius 2 is 1.65 bits per heavy atom. The van der Waals surface area contributed by atoms with Crippen LogP contribution in [-0.2, 0) is 21.4 Å². The molecular formula is C28H24ClN3O4S. The van der Waals surface area contributed by atoms with E-state index in [4.69, 9.17) is 16.3 Å². The van der Waals surface area contributed by atoms with E-state index >= 15 is 0 Å². The van der Waals surface area contributed by atoms with Gasteiger partial charge in [-0.15, -0.1) is 0 Å². The van der Waals surface area contributed by atoms with E-state index in [0.29, 0.717) is 22.1 Å². The zero-order valence-electron chi connectivity index (χ0n) is 19.7. The van der Waals surface area contributed by atoms with E-state index in [0.717, 1.165) is 11.1 Å². The van der Waals surface area contributed by atoms with Gasteiger partial charge < -0.3 is 15.4 Å². The summed E-state index contributed by atoms with van der Waals surface area (Å²) < 4.78 is 34.3. The number of fused-ring (bicyclic) bond motifs is 1. The minimum absolute atomic E-state index is 0.185. The van der Waals surface area contributed by atoms with Gasteiger partial charge in [-0.2, -0.15) is 4.31 Å². The van der Waals surface area contributed by atoms with Gasteiger partial charge in [0, 0.05) is 17.3 Å². The lowest BCUT2D eigenvalue weighted by Gasteiger charge is -2.37. The van der Waals surface area contributed by atoms with Crippen LogP contribution in [0.5, 0.6) is 5.75 Å². The molecular weight excluding hydrogens is 510 g/mol. The minimum atomic E-state index is -3.77. The molecule has 1 aliphatic heterocycles. The number of benzene rings is 4. The Morgan fingerprint density at radius 1 is 0.919 bits per heavy atom. The number of carbonyl (C=O) groups excluding carboxylic acids is 1. The molecule has 0 fully saturated rings. The van der Waals surface area contributed by atoms with E-state index in [1.807, 2.05) is 30.3 Å². The third-order valence-corrected chi connectivity index (χ3v) is 8.01. The topological polar surface area (TPSA) is 87.7 Å². The first-order valence-electron chi connectivity index (χ1n) is 11.6. The van der Waals surface area contributed by atoms with Crippen LogP contribution in [0.4, 0.5) is 11.4 Å². The number of hydrogen-bond donors (Lipinski definition) is 2. The first-order chi connectivity index (χ1) is 17.9. The van der Waals surface area contributed by atoms with Crippen LogP contribution in [0.15, 0.2) is 108 Å². The molecule has 2 N–H and O–H groups in total. The van der Waals surface area contributed by atoms with Crippen LogP contribution in [0.3, 0.4) is 0 Å². The van der Waals surface area contributed by atoms with E-state index in [9.17, 15) is 13.2 Å². The van der Waals surface area contributed by atoms with Crippen LogP contribution in [0.2, 0.25) is 5.02 Å². The molecule has 0 saturated carbocycles. The average molecular weight is 534 g/mol. The van der Waals surface area contributed by atoms with Gasteiger partial charge in [0.2, 0.25) is 10.0 Å². The standard InChI is InChI=1S/C28H24ClN3O4S/c29-22-9-6-10-23(17-22)30-27(33)19-36-24-15-13-21(14-16-24)28-31-25-11-4-5-12-26(25)37(34,35)32(28)18-20-7-2-1-3-8-20/h1-17,28,31H,18-19H2,(H,30,33)/t28-/m1/s1. The number of nitrogens with zero attached hydrogens (tertiary/aromatic N) is 1. The highest BCUT2D eigenvalue weighted by molar-refractivity contribution is 7.89. The lowest BCUT2D eigenvalue weighted by Crippen LogP contribution is -2.42. The molecule has 188 valence electrons. The summed E-state index contributed by atoms with van der Waals surface area (Å²) in [6.45, 7) is 0.0204. The number of ether oxygens (including phenoxy) is 1. The number of rotatable bonds is 7. The maximum absolute atomic E-state index is 13.6. The second-order valence-electron chi connectivity index (χ2n) is 8.50. The Morgan fingerprint density at radius 3 is 2.41 bits per heavy atom. The molecule has 1 heterocycles. The van der Waals surface area contributed by atoms with Crippen LogP contribution in [0, 0.1) is 0 Å². The molecule has 7 nitrogen and oxygen atoms in total. The van der Waals surface area contributed by atoms with Gasteiger partial charge in [-0.25, -0.2) is 8.42 Å². The van der Waals surface area contributed by atoms with E-state index in [-0.39, 0.29) is 24.0 Å². The van der Waals surface area contributed by atoms with Gasteiger partial charge >= 0.3 is 0 Å². The molecule has 0 radical (unpaired) electrons. The number of nitrogens with one attached hydrogen (secondary N) is 2. The van der Waals surface area contributed by atoms with Gasteiger partial charge in [-0.05, 0) is 53.6 Å². The Kier molecular flexibility index (Phi) is 7.14. The molecule has 1 aliphatic rings. The Hall–Kier alpha value is -3.85. The Labute approximate surface area is 220 Å². The summed E-state index contributed by atoms with van der Waals surface area (Å²) in [7, 11) is -3.77. The number of hydrogen-bond acceptors (Lipinski definition) is 5. The highest BCUT2D eigenvalue weighted by Gasteiger charge is 2.38. The second-order valence-corrected chi connectivity index (χ2v) is 10.8. The molecule has 37 heavy (non-hydrogen) atoms. The van der Waals surface area contributed by atoms with Crippen molar-refractivity contribution in [1.82, 2.24) is 4.31 Å². The van der Waals surface area contributed by atoms with Crippen LogP contribution >= 0.6 is 11.6 Å². The molecule has 5 rings (SSSR count). The highest BCUT2D eigenvalue weighted by atomic mass is 35.5. The zero-order chi connectivity index (χ0) is 25.8. The van der Waals surface area contributed by atoms with Gasteiger partial charge in [0.05, 0.1) is 5.69 Å². The van der Waals surface area contributed by atoms with Crippen molar-refractivity contribution in [1.29, 1.82) is 0 Å². The zero-order valence-corrected chi connectivity index (χ0v) is 21.2. The van der Waals surface area contributed by atoms with Gasteiger partial charge in [-0.3, -0.25) is 4.79 Å². The lowest BCUT2D eigenvalue weighted by molar-refractivity contribution is -0.118. The van der Waals surface area contributed by atoms with Crippen molar-refractivity contribution in [2.24, 2.45) is 0 Å². The van der Waals surface area contributed by atoms with E-state index < -0.39 is 16.2 Å². The van der Waals surface area contributed by atoms with E-state index in [2.05, 4.69) is 10.6 Å². The number of para-hydroxylation sites is 1. The van der Waals surface area contributed by atoms with E-state index in [1.165, 1.54) is 4.31 Å². The van der Waals surface area contributed by atoms with Crippen molar-refractivity contribution in [2.45, 2.75) is 17.6 Å². The first-order valence-corrected chi connectivity index (χ1v) is 13.4. The van der Waals surface area contributed by atoms with Crippen molar-refractivity contribution < 1.29 is 17.9 Å². The fourth-order valence-corrected chi connectivity index (χ4v) is 6.01.